The third-order valence-corrected chi connectivity index (χ3v) is 14.0. The van der Waals surface area contributed by atoms with Crippen molar-refractivity contribution in [2.75, 3.05) is 77.6 Å². The second-order valence-corrected chi connectivity index (χ2v) is 17.0. The van der Waals surface area contributed by atoms with Gasteiger partial charge in [-0.1, -0.05) is 0 Å². The number of ether oxygens (including phenoxy) is 4. The molecule has 1 atom stereocenters. The number of aromatic nitrogens is 1. The molecule has 5 aliphatic heterocycles. The molecule has 0 saturated carbocycles. The fourth-order valence-electron chi connectivity index (χ4n) is 8.91. The van der Waals surface area contributed by atoms with Gasteiger partial charge in [-0.15, -0.1) is 0 Å². The van der Waals surface area contributed by atoms with E-state index in [1.54, 1.807) is 24.0 Å². The lowest BCUT2D eigenvalue weighted by molar-refractivity contribution is -0.144. The van der Waals surface area contributed by atoms with E-state index in [4.69, 9.17) is 18.9 Å². The molecule has 6 heterocycles. The number of nitrogens with one attached hydrogen (secondary N) is 1. The lowest BCUT2D eigenvalue weighted by atomic mass is 9.76. The second kappa shape index (κ2) is 14.8. The average Bonchev–Trinajstić information content (AvgIpc) is 3.44. The molecule has 56 heavy (non-hydrogen) atoms. The van der Waals surface area contributed by atoms with E-state index in [1.165, 1.54) is 69.7 Å². The highest BCUT2D eigenvalue weighted by Gasteiger charge is 2.60. The molecule has 5 aliphatic rings. The zero-order chi connectivity index (χ0) is 39.2. The molecule has 8 rings (SSSR count). The van der Waals surface area contributed by atoms with Crippen LogP contribution in [0.2, 0.25) is 0 Å². The minimum absolute atomic E-state index is 0.0345. The molecule has 4 fully saturated rings. The van der Waals surface area contributed by atoms with Gasteiger partial charge in [0.1, 0.15) is 16.4 Å². The maximum Gasteiger partial charge on any atom is 0.318 e. The average molecular weight is 786 g/mol. The summed E-state index contributed by atoms with van der Waals surface area (Å²) >= 11 is 0. The number of rotatable bonds is 10. The summed E-state index contributed by atoms with van der Waals surface area (Å²) < 4.78 is 52.2. The first-order valence-corrected chi connectivity index (χ1v) is 20.6. The second-order valence-electron chi connectivity index (χ2n) is 15.3. The van der Waals surface area contributed by atoms with Crippen molar-refractivity contribution in [1.29, 1.82) is 5.26 Å². The van der Waals surface area contributed by atoms with Crippen LogP contribution in [0.5, 0.6) is 17.4 Å². The van der Waals surface area contributed by atoms with Gasteiger partial charge in [-0.3, -0.25) is 9.69 Å². The molecule has 2 aromatic carbocycles. The molecule has 3 aromatic rings. The lowest BCUT2D eigenvalue weighted by Crippen LogP contribution is -2.67. The molecule has 296 valence electrons. The van der Waals surface area contributed by atoms with Gasteiger partial charge in [0.15, 0.2) is 5.54 Å². The molecule has 1 spiro atoms. The van der Waals surface area contributed by atoms with Gasteiger partial charge in [0.2, 0.25) is 5.88 Å². The number of sulfonamides is 1. The van der Waals surface area contributed by atoms with Crippen LogP contribution in [-0.2, 0) is 25.1 Å². The normalized spacial score (nSPS) is 22.9. The quantitative estimate of drug-likeness (QED) is 0.319. The highest BCUT2D eigenvalue weighted by Crippen LogP contribution is 2.50. The van der Waals surface area contributed by atoms with Gasteiger partial charge in [-0.2, -0.15) is 9.57 Å². The molecule has 3 amide bonds. The Hall–Kier alpha value is -4.95. The number of amides is 3. The van der Waals surface area contributed by atoms with E-state index in [0.29, 0.717) is 34.6 Å². The number of carbonyl (C=O) groups excluding carboxylic acids is 2. The number of likely N-dealkylation sites (tertiary alicyclic amines) is 3. The van der Waals surface area contributed by atoms with Crippen molar-refractivity contribution < 1.29 is 37.0 Å². The third-order valence-electron chi connectivity index (χ3n) is 12.2. The highest BCUT2D eigenvalue weighted by molar-refractivity contribution is 7.93. The zero-order valence-electron chi connectivity index (χ0n) is 31.9. The van der Waals surface area contributed by atoms with Crippen LogP contribution in [0.3, 0.4) is 0 Å². The monoisotopic (exact) mass is 785 g/mol. The third kappa shape index (κ3) is 6.30. The van der Waals surface area contributed by atoms with Crippen molar-refractivity contribution in [3.05, 3.63) is 71.4 Å². The van der Waals surface area contributed by atoms with E-state index in [9.17, 15) is 18.5 Å². The van der Waals surface area contributed by atoms with Crippen LogP contribution in [0.1, 0.15) is 49.3 Å². The molecule has 1 aromatic heterocycles. The SMILES string of the molecule is CCOc1ncccc1C1(NC(=O)N2CC(N3CCC(N4CCC5(CC4)COC5)CC3)C2)C(=O)N(S(=O)(=O)c2ccc(OC)cc2OC)c2ccc(C#N)cc21. The Bertz CT molecular complexity index is 2150. The Kier molecular flexibility index (Phi) is 10.1. The standard InChI is InChI=1S/C40H47N7O8S/c1-4-55-36-31(6-5-15-42-36)40(43-38(49)46-23-29(24-46)44-16-11-28(12-17-44)45-18-13-39(14-19-45)25-54-26-39)32-20-27(22-41)7-9-33(32)47(37(40)48)56(50,51)35-10-8-30(52-2)21-34(35)53-3/h5-10,15,20-21,28-29H,4,11-14,16-19,23-26H2,1-3H3,(H,43,49). The molecule has 16 heteroatoms. The Morgan fingerprint density at radius 2 is 1.71 bits per heavy atom. The number of benzene rings is 2. The number of piperidine rings is 2. The summed E-state index contributed by atoms with van der Waals surface area (Å²) in [6.07, 6.45) is 6.05. The zero-order valence-corrected chi connectivity index (χ0v) is 32.7. The largest absolute Gasteiger partial charge is 0.497 e. The highest BCUT2D eigenvalue weighted by atomic mass is 32.2. The molecule has 1 N–H and O–H groups in total. The van der Waals surface area contributed by atoms with Crippen LogP contribution < -0.4 is 23.8 Å². The number of carbonyl (C=O) groups is 2. The fraction of sp³-hybridized carbons (Fsp3) is 0.500. The van der Waals surface area contributed by atoms with Crippen molar-refractivity contribution in [2.24, 2.45) is 5.41 Å². The fourth-order valence-corrected chi connectivity index (χ4v) is 10.5. The van der Waals surface area contributed by atoms with Crippen molar-refractivity contribution in [3.63, 3.8) is 0 Å². The van der Waals surface area contributed by atoms with Gasteiger partial charge in [0.05, 0.1) is 56.9 Å². The van der Waals surface area contributed by atoms with Gasteiger partial charge in [0, 0.05) is 61.5 Å². The summed E-state index contributed by atoms with van der Waals surface area (Å²) in [5, 5.41) is 13.0. The van der Waals surface area contributed by atoms with Crippen molar-refractivity contribution in [3.8, 4) is 23.4 Å². The molecule has 0 bridgehead atoms. The molecule has 4 saturated heterocycles. The van der Waals surface area contributed by atoms with E-state index in [-0.39, 0.29) is 51.6 Å². The van der Waals surface area contributed by atoms with Crippen LogP contribution in [0.25, 0.3) is 0 Å². The number of anilines is 1. The molecular weight excluding hydrogens is 739 g/mol. The Morgan fingerprint density at radius 1 is 0.982 bits per heavy atom. The first-order chi connectivity index (χ1) is 27.1. The van der Waals surface area contributed by atoms with E-state index in [1.807, 2.05) is 0 Å². The number of urea groups is 1. The number of hydrogen-bond acceptors (Lipinski definition) is 12. The molecular formula is C40H47N7O8S. The van der Waals surface area contributed by atoms with Gasteiger partial charge in [-0.25, -0.2) is 18.2 Å². The number of pyridine rings is 1. The van der Waals surface area contributed by atoms with Crippen LogP contribution in [0.4, 0.5) is 10.5 Å². The summed E-state index contributed by atoms with van der Waals surface area (Å²) in [4.78, 5) is 40.5. The smallest absolute Gasteiger partial charge is 0.318 e. The van der Waals surface area contributed by atoms with Gasteiger partial charge < -0.3 is 34.1 Å². The van der Waals surface area contributed by atoms with Crippen LogP contribution in [0, 0.1) is 16.7 Å². The maximum atomic E-state index is 15.2. The van der Waals surface area contributed by atoms with Crippen LogP contribution >= 0.6 is 0 Å². The first kappa shape index (κ1) is 37.9. The van der Waals surface area contributed by atoms with E-state index in [0.717, 1.165) is 52.2 Å². The molecule has 0 aliphatic carbocycles. The number of methoxy groups -OCH3 is 2. The topological polar surface area (TPSA) is 167 Å². The number of nitriles is 1. The maximum absolute atomic E-state index is 15.2. The summed E-state index contributed by atoms with van der Waals surface area (Å²) in [6.45, 7) is 8.75. The van der Waals surface area contributed by atoms with E-state index >= 15 is 4.79 Å². The van der Waals surface area contributed by atoms with Gasteiger partial charge in [0.25, 0.3) is 15.9 Å². The minimum Gasteiger partial charge on any atom is -0.497 e. The number of hydrogen-bond donors (Lipinski definition) is 1. The Morgan fingerprint density at radius 3 is 2.36 bits per heavy atom. The minimum atomic E-state index is -4.70. The Balaban J connectivity index is 1.07. The van der Waals surface area contributed by atoms with Crippen LogP contribution in [0.15, 0.2) is 59.6 Å². The summed E-state index contributed by atoms with van der Waals surface area (Å²) in [5.41, 5.74) is -1.39. The van der Waals surface area contributed by atoms with Crippen molar-refractivity contribution >= 4 is 27.6 Å². The summed E-state index contributed by atoms with van der Waals surface area (Å²) in [7, 11) is -1.94. The van der Waals surface area contributed by atoms with Crippen molar-refractivity contribution in [1.82, 2.24) is 25.0 Å². The summed E-state index contributed by atoms with van der Waals surface area (Å²) in [6, 6.07) is 13.8. The predicted octanol–water partition coefficient (Wildman–Crippen LogP) is 3.32. The van der Waals surface area contributed by atoms with Gasteiger partial charge >= 0.3 is 6.03 Å². The molecule has 15 nitrogen and oxygen atoms in total. The number of nitrogens with zero attached hydrogens (tertiary/aromatic N) is 6. The molecule has 1 unspecified atom stereocenters. The predicted molar refractivity (Wildman–Crippen MR) is 204 cm³/mol. The number of fused-ring (bicyclic) bond motifs is 1. The van der Waals surface area contributed by atoms with E-state index < -0.39 is 27.5 Å². The lowest BCUT2D eigenvalue weighted by Gasteiger charge is -2.51. The Labute approximate surface area is 327 Å². The van der Waals surface area contributed by atoms with E-state index in [2.05, 4.69) is 26.2 Å². The van der Waals surface area contributed by atoms with Crippen LogP contribution in [-0.4, -0.2) is 125 Å². The summed E-state index contributed by atoms with van der Waals surface area (Å²) in [5.74, 6) is -0.653. The van der Waals surface area contributed by atoms with Crippen molar-refractivity contribution in [2.45, 2.75) is 55.1 Å². The first-order valence-electron chi connectivity index (χ1n) is 19.1. The molecule has 0 radical (unpaired) electrons. The van der Waals surface area contributed by atoms with Gasteiger partial charge in [-0.05, 0) is 88.2 Å².